The van der Waals surface area contributed by atoms with E-state index in [1.807, 2.05) is 4.72 Å². The molecule has 11 heteroatoms. The number of halogens is 2. The van der Waals surface area contributed by atoms with E-state index in [1.165, 1.54) is 24.5 Å². The van der Waals surface area contributed by atoms with Gasteiger partial charge in [0.05, 0.1) is 22.6 Å². The zero-order valence-corrected chi connectivity index (χ0v) is 19.1. The molecule has 2 aromatic carbocycles. The summed E-state index contributed by atoms with van der Waals surface area (Å²) in [5.41, 5.74) is -0.213. The molecule has 0 fully saturated rings. The number of ketones is 1. The maximum absolute atomic E-state index is 15.1. The molecule has 8 nitrogen and oxygen atoms in total. The van der Waals surface area contributed by atoms with Crippen molar-refractivity contribution in [1.82, 2.24) is 9.97 Å². The minimum absolute atomic E-state index is 0.0550. The van der Waals surface area contributed by atoms with Gasteiger partial charge in [-0.15, -0.1) is 0 Å². The van der Waals surface area contributed by atoms with Crippen molar-refractivity contribution >= 4 is 38.8 Å². The van der Waals surface area contributed by atoms with Crippen LogP contribution in [0.25, 0.3) is 22.2 Å². The largest absolute Gasteiger partial charge is 0.507 e. The number of pyridine rings is 1. The minimum Gasteiger partial charge on any atom is -0.507 e. The molecule has 0 amide bonds. The first-order chi connectivity index (χ1) is 16.6. The van der Waals surface area contributed by atoms with Crippen LogP contribution >= 0.6 is 0 Å². The van der Waals surface area contributed by atoms with E-state index in [4.69, 9.17) is 0 Å². The number of aromatic hydroxyl groups is 1. The van der Waals surface area contributed by atoms with Gasteiger partial charge in [0.15, 0.2) is 12.1 Å². The van der Waals surface area contributed by atoms with E-state index in [0.717, 1.165) is 12.1 Å². The molecule has 3 N–H and O–H groups in total. The summed E-state index contributed by atoms with van der Waals surface area (Å²) < 4.78 is 55.9. The van der Waals surface area contributed by atoms with Crippen LogP contribution in [0.5, 0.6) is 5.75 Å². The highest BCUT2D eigenvalue weighted by atomic mass is 32.2. The van der Waals surface area contributed by atoms with Crippen molar-refractivity contribution in [2.24, 2.45) is 0 Å². The van der Waals surface area contributed by atoms with Crippen molar-refractivity contribution in [3.63, 3.8) is 0 Å². The fourth-order valence-electron chi connectivity index (χ4n) is 3.64. The maximum Gasteiger partial charge on any atom is 0.232 e. The Kier molecular flexibility index (Phi) is 6.35. The zero-order valence-electron chi connectivity index (χ0n) is 18.3. The number of sulfonamides is 1. The van der Waals surface area contributed by atoms with Crippen molar-refractivity contribution in [3.8, 4) is 16.9 Å². The molecular weight excluding hydrogens is 480 g/mol. The summed E-state index contributed by atoms with van der Waals surface area (Å²) in [4.78, 5) is 31.4. The average molecular weight is 499 g/mol. The number of rotatable bonds is 8. The number of aromatic amines is 1. The molecule has 0 atom stereocenters. The summed E-state index contributed by atoms with van der Waals surface area (Å²) in [6, 6.07) is 7.60. The first kappa shape index (κ1) is 24.0. The lowest BCUT2D eigenvalue weighted by Crippen LogP contribution is -2.18. The lowest BCUT2D eigenvalue weighted by Gasteiger charge is -2.11. The summed E-state index contributed by atoms with van der Waals surface area (Å²) in [6.07, 6.45) is 3.50. The summed E-state index contributed by atoms with van der Waals surface area (Å²) >= 11 is 0. The normalized spacial score (nSPS) is 11.5. The first-order valence-electron chi connectivity index (χ1n) is 10.4. The minimum atomic E-state index is -3.88. The number of nitrogens with zero attached hydrogens (tertiary/aromatic N) is 1. The zero-order chi connectivity index (χ0) is 25.3. The Bertz CT molecular complexity index is 1580. The Morgan fingerprint density at radius 3 is 2.66 bits per heavy atom. The molecule has 4 rings (SSSR count). The van der Waals surface area contributed by atoms with Crippen LogP contribution in [0.2, 0.25) is 0 Å². The molecule has 0 saturated carbocycles. The first-order valence-corrected chi connectivity index (χ1v) is 12.1. The van der Waals surface area contributed by atoms with Gasteiger partial charge in [0.1, 0.15) is 17.2 Å². The van der Waals surface area contributed by atoms with Crippen LogP contribution in [-0.2, 0) is 10.0 Å². The Hall–Kier alpha value is -4.12. The van der Waals surface area contributed by atoms with Crippen molar-refractivity contribution in [3.05, 3.63) is 77.1 Å². The number of H-pyrrole nitrogens is 1. The monoisotopic (exact) mass is 499 g/mol. The van der Waals surface area contributed by atoms with Crippen molar-refractivity contribution in [2.75, 3.05) is 10.5 Å². The number of nitrogens with one attached hydrogen (secondary N) is 2. The van der Waals surface area contributed by atoms with Gasteiger partial charge in [0.2, 0.25) is 15.8 Å². The molecule has 2 heterocycles. The topological polar surface area (TPSA) is 129 Å². The predicted octanol–water partition coefficient (Wildman–Crippen LogP) is 4.41. The van der Waals surface area contributed by atoms with Crippen molar-refractivity contribution < 1.29 is 31.9 Å². The van der Waals surface area contributed by atoms with Crippen LogP contribution in [0.4, 0.5) is 14.5 Å². The molecule has 0 spiro atoms. The molecule has 0 bridgehead atoms. The van der Waals surface area contributed by atoms with E-state index >= 15 is 4.39 Å². The van der Waals surface area contributed by atoms with E-state index in [1.54, 1.807) is 19.1 Å². The Morgan fingerprint density at radius 2 is 1.94 bits per heavy atom. The second kappa shape index (κ2) is 9.26. The number of phenols is 1. The number of aldehydes is 1. The number of fused-ring (bicyclic) bond motifs is 1. The van der Waals surface area contributed by atoms with Gasteiger partial charge in [-0.3, -0.25) is 14.3 Å². The molecular formula is C24H19F2N3O5S. The number of anilines is 1. The Labute approximate surface area is 198 Å². The fraction of sp³-hybridized carbons (Fsp3) is 0.125. The van der Waals surface area contributed by atoms with Gasteiger partial charge in [-0.25, -0.2) is 22.2 Å². The molecule has 0 aliphatic carbocycles. The van der Waals surface area contributed by atoms with Gasteiger partial charge in [-0.2, -0.15) is 0 Å². The van der Waals surface area contributed by atoms with E-state index < -0.39 is 38.7 Å². The quantitative estimate of drug-likeness (QED) is 0.243. The number of hydrogen-bond donors (Lipinski definition) is 3. The molecule has 4 aromatic rings. The highest BCUT2D eigenvalue weighted by molar-refractivity contribution is 7.92. The lowest BCUT2D eigenvalue weighted by atomic mass is 9.99. The highest BCUT2D eigenvalue weighted by Crippen LogP contribution is 2.31. The third-order valence-corrected chi connectivity index (χ3v) is 6.80. The highest BCUT2D eigenvalue weighted by Gasteiger charge is 2.26. The summed E-state index contributed by atoms with van der Waals surface area (Å²) in [7, 11) is -3.88. The van der Waals surface area contributed by atoms with E-state index in [9.17, 15) is 27.5 Å². The third-order valence-electron chi connectivity index (χ3n) is 5.32. The van der Waals surface area contributed by atoms with Crippen LogP contribution in [0.1, 0.15) is 39.6 Å². The predicted molar refractivity (Wildman–Crippen MR) is 126 cm³/mol. The molecule has 0 radical (unpaired) electrons. The number of aromatic nitrogens is 2. The van der Waals surface area contributed by atoms with Crippen LogP contribution in [0, 0.1) is 11.6 Å². The third kappa shape index (κ3) is 4.62. The molecule has 0 unspecified atom stereocenters. The van der Waals surface area contributed by atoms with Gasteiger partial charge >= 0.3 is 0 Å². The average Bonchev–Trinajstić information content (AvgIpc) is 3.24. The second-order valence-corrected chi connectivity index (χ2v) is 9.59. The molecule has 0 aliphatic heterocycles. The van der Waals surface area contributed by atoms with E-state index in [-0.39, 0.29) is 40.1 Å². The SMILES string of the molecule is CCCS(=O)(=O)Nc1ccc(F)c(C(=O)c2c[nH]c3ncc(-c4ccc(O)c(C=O)c4)cc23)c1F. The standard InChI is InChI=1S/C24H19F2N3O5S/c1-2-7-35(33,34)29-19-5-4-18(25)21(22(19)26)23(32)17-11-28-24-16(17)9-14(10-27-24)13-3-6-20(31)15(8-13)12-30/h3-6,8-12,29,31H,2,7H2,1H3,(H,27,28). The van der Waals surface area contributed by atoms with Crippen LogP contribution in [-0.4, -0.2) is 41.3 Å². The van der Waals surface area contributed by atoms with E-state index in [0.29, 0.717) is 17.4 Å². The lowest BCUT2D eigenvalue weighted by molar-refractivity contribution is 0.103. The van der Waals surface area contributed by atoms with Gasteiger partial charge in [0, 0.05) is 28.9 Å². The number of benzene rings is 2. The Balaban J connectivity index is 1.79. The number of carbonyl (C=O) groups excluding carboxylic acids is 2. The number of phenolic OH excluding ortho intramolecular Hbond substituents is 1. The van der Waals surface area contributed by atoms with E-state index in [2.05, 4.69) is 9.97 Å². The van der Waals surface area contributed by atoms with Gasteiger partial charge in [-0.05, 0) is 42.3 Å². The fourth-order valence-corrected chi connectivity index (χ4v) is 4.77. The van der Waals surface area contributed by atoms with Crippen LogP contribution < -0.4 is 4.72 Å². The summed E-state index contributed by atoms with van der Waals surface area (Å²) in [6.45, 7) is 1.63. The summed E-state index contributed by atoms with van der Waals surface area (Å²) in [5.74, 6) is -3.97. The second-order valence-electron chi connectivity index (χ2n) is 7.75. The van der Waals surface area contributed by atoms with Gasteiger partial charge < -0.3 is 10.1 Å². The summed E-state index contributed by atoms with van der Waals surface area (Å²) in [5, 5.41) is 9.98. The van der Waals surface area contributed by atoms with Crippen molar-refractivity contribution in [1.29, 1.82) is 0 Å². The Morgan fingerprint density at radius 1 is 1.17 bits per heavy atom. The smallest absolute Gasteiger partial charge is 0.232 e. The molecule has 0 saturated heterocycles. The molecule has 0 aliphatic rings. The molecule has 2 aromatic heterocycles. The van der Waals surface area contributed by atoms with Crippen molar-refractivity contribution in [2.45, 2.75) is 13.3 Å². The van der Waals surface area contributed by atoms with Gasteiger partial charge in [0.25, 0.3) is 0 Å². The molecule has 35 heavy (non-hydrogen) atoms. The number of hydrogen-bond acceptors (Lipinski definition) is 6. The van der Waals surface area contributed by atoms with Gasteiger partial charge in [-0.1, -0.05) is 13.0 Å². The van der Waals surface area contributed by atoms with Crippen LogP contribution in [0.3, 0.4) is 0 Å². The maximum atomic E-state index is 15.1. The van der Waals surface area contributed by atoms with Crippen LogP contribution in [0.15, 0.2) is 48.8 Å². The number of carbonyl (C=O) groups is 2. The molecule has 180 valence electrons.